The molecule has 0 radical (unpaired) electrons. The second-order valence-electron chi connectivity index (χ2n) is 7.36. The fourth-order valence-electron chi connectivity index (χ4n) is 4.25. The van der Waals surface area contributed by atoms with Crippen molar-refractivity contribution < 1.29 is 17.9 Å². The quantitative estimate of drug-likeness (QED) is 0.754. The number of sulfonamides is 1. The van der Waals surface area contributed by atoms with Crippen molar-refractivity contribution >= 4 is 21.1 Å². The summed E-state index contributed by atoms with van der Waals surface area (Å²) in [6, 6.07) is 4.85. The molecular formula is C17H23N3O5S. The van der Waals surface area contributed by atoms with Crippen LogP contribution in [-0.2, 0) is 33.6 Å². The summed E-state index contributed by atoms with van der Waals surface area (Å²) in [5.41, 5.74) is 0.860. The summed E-state index contributed by atoms with van der Waals surface area (Å²) < 4.78 is 41.8. The summed E-state index contributed by atoms with van der Waals surface area (Å²) in [7, 11) is 1.30. The first kappa shape index (κ1) is 17.7. The SMILES string of the molecule is COC[C@@]12COC[C@@H]1CN(S(=O)(=O)c1ccc3c(c1)n(C)c(=O)n3C)C2. The van der Waals surface area contributed by atoms with Gasteiger partial charge >= 0.3 is 5.69 Å². The molecule has 1 aromatic heterocycles. The number of imidazole rings is 1. The first-order valence-electron chi connectivity index (χ1n) is 8.52. The largest absolute Gasteiger partial charge is 0.384 e. The molecule has 0 saturated carbocycles. The van der Waals surface area contributed by atoms with Gasteiger partial charge in [0.15, 0.2) is 0 Å². The van der Waals surface area contributed by atoms with E-state index in [1.54, 1.807) is 39.4 Å². The standard InChI is InChI=1S/C17H23N3O5S/c1-18-14-5-4-13(6-15(14)19(2)16(18)21)26(22,23)20-7-12-8-25-11-17(12,9-20)10-24-3/h4-6,12H,7-11H2,1-3H3/t12-,17-/m0/s1. The highest BCUT2D eigenvalue weighted by Crippen LogP contribution is 2.43. The first-order valence-corrected chi connectivity index (χ1v) is 9.96. The van der Waals surface area contributed by atoms with Crippen LogP contribution in [0.4, 0.5) is 0 Å². The molecule has 142 valence electrons. The van der Waals surface area contributed by atoms with E-state index in [9.17, 15) is 13.2 Å². The van der Waals surface area contributed by atoms with E-state index in [4.69, 9.17) is 9.47 Å². The molecule has 9 heteroatoms. The monoisotopic (exact) mass is 381 g/mol. The third-order valence-electron chi connectivity index (χ3n) is 5.80. The van der Waals surface area contributed by atoms with E-state index in [0.717, 1.165) is 0 Å². The van der Waals surface area contributed by atoms with Gasteiger partial charge in [-0.15, -0.1) is 0 Å². The summed E-state index contributed by atoms with van der Waals surface area (Å²) in [6.45, 7) is 2.37. The van der Waals surface area contributed by atoms with Gasteiger partial charge in [-0.25, -0.2) is 13.2 Å². The van der Waals surface area contributed by atoms with E-state index >= 15 is 0 Å². The Morgan fingerprint density at radius 1 is 1.27 bits per heavy atom. The third-order valence-corrected chi connectivity index (χ3v) is 7.61. The van der Waals surface area contributed by atoms with Crippen LogP contribution in [0.25, 0.3) is 11.0 Å². The lowest BCUT2D eigenvalue weighted by atomic mass is 9.82. The molecule has 4 rings (SSSR count). The molecule has 1 aromatic carbocycles. The minimum atomic E-state index is -3.65. The molecule has 0 unspecified atom stereocenters. The molecule has 0 amide bonds. The Labute approximate surface area is 152 Å². The summed E-state index contributed by atoms with van der Waals surface area (Å²) in [5.74, 6) is 0.141. The van der Waals surface area contributed by atoms with E-state index in [2.05, 4.69) is 0 Å². The van der Waals surface area contributed by atoms with Crippen LogP contribution in [0.2, 0.25) is 0 Å². The van der Waals surface area contributed by atoms with Gasteiger partial charge in [0.05, 0.1) is 35.7 Å². The lowest BCUT2D eigenvalue weighted by molar-refractivity contribution is 0.0601. The first-order chi connectivity index (χ1) is 12.3. The fraction of sp³-hybridized carbons (Fsp3) is 0.588. The third kappa shape index (κ3) is 2.38. The van der Waals surface area contributed by atoms with Crippen molar-refractivity contribution in [2.24, 2.45) is 25.4 Å². The highest BCUT2D eigenvalue weighted by atomic mass is 32.2. The molecule has 2 aliphatic rings. The zero-order chi connectivity index (χ0) is 18.7. The Balaban J connectivity index is 1.73. The molecule has 0 aliphatic carbocycles. The number of hydrogen-bond acceptors (Lipinski definition) is 5. The number of ether oxygens (including phenoxy) is 2. The van der Waals surface area contributed by atoms with Crippen molar-refractivity contribution in [3.63, 3.8) is 0 Å². The van der Waals surface area contributed by atoms with Crippen molar-refractivity contribution in [2.75, 3.05) is 40.0 Å². The van der Waals surface area contributed by atoms with Crippen molar-refractivity contribution in [3.8, 4) is 0 Å². The van der Waals surface area contributed by atoms with Gasteiger partial charge in [-0.2, -0.15) is 4.31 Å². The van der Waals surface area contributed by atoms with Crippen LogP contribution in [0, 0.1) is 11.3 Å². The molecule has 2 atom stereocenters. The number of aromatic nitrogens is 2. The van der Waals surface area contributed by atoms with Crippen LogP contribution in [0.15, 0.2) is 27.9 Å². The number of methoxy groups -OCH3 is 1. The van der Waals surface area contributed by atoms with Crippen molar-refractivity contribution in [2.45, 2.75) is 4.90 Å². The number of rotatable bonds is 4. The van der Waals surface area contributed by atoms with Gasteiger partial charge in [-0.3, -0.25) is 9.13 Å². The second-order valence-corrected chi connectivity index (χ2v) is 9.29. The zero-order valence-corrected chi connectivity index (χ0v) is 16.0. The van der Waals surface area contributed by atoms with Crippen LogP contribution >= 0.6 is 0 Å². The number of aryl methyl sites for hydroxylation is 2. The maximum absolute atomic E-state index is 13.2. The van der Waals surface area contributed by atoms with Crippen LogP contribution in [-0.4, -0.2) is 61.9 Å². The molecule has 26 heavy (non-hydrogen) atoms. The minimum Gasteiger partial charge on any atom is -0.384 e. The molecule has 2 aromatic rings. The van der Waals surface area contributed by atoms with E-state index in [-0.39, 0.29) is 21.9 Å². The molecule has 8 nitrogen and oxygen atoms in total. The fourth-order valence-corrected chi connectivity index (χ4v) is 5.86. The van der Waals surface area contributed by atoms with E-state index in [1.165, 1.54) is 13.4 Å². The van der Waals surface area contributed by atoms with Gasteiger partial charge in [-0.05, 0) is 18.2 Å². The van der Waals surface area contributed by atoms with Gasteiger partial charge < -0.3 is 9.47 Å². The maximum Gasteiger partial charge on any atom is 0.328 e. The van der Waals surface area contributed by atoms with E-state index in [1.807, 2.05) is 0 Å². The van der Waals surface area contributed by atoms with E-state index < -0.39 is 10.0 Å². The van der Waals surface area contributed by atoms with Gasteiger partial charge in [-0.1, -0.05) is 0 Å². The highest BCUT2D eigenvalue weighted by Gasteiger charge is 2.53. The van der Waals surface area contributed by atoms with Gasteiger partial charge in [0.1, 0.15) is 0 Å². The maximum atomic E-state index is 13.2. The highest BCUT2D eigenvalue weighted by molar-refractivity contribution is 7.89. The summed E-state index contributed by atoms with van der Waals surface area (Å²) in [4.78, 5) is 12.3. The average molecular weight is 381 g/mol. The molecule has 2 saturated heterocycles. The predicted molar refractivity (Wildman–Crippen MR) is 95.5 cm³/mol. The molecule has 0 bridgehead atoms. The Hall–Kier alpha value is -1.68. The summed E-state index contributed by atoms with van der Waals surface area (Å²) in [6.07, 6.45) is 0. The molecule has 0 spiro atoms. The Bertz CT molecular complexity index is 1020. The van der Waals surface area contributed by atoms with Crippen LogP contribution in [0.1, 0.15) is 0 Å². The number of fused-ring (bicyclic) bond motifs is 2. The predicted octanol–water partition coefficient (Wildman–Crippen LogP) is 0.161. The Morgan fingerprint density at radius 2 is 2.00 bits per heavy atom. The second kappa shape index (κ2) is 5.91. The van der Waals surface area contributed by atoms with Crippen LogP contribution in [0.5, 0.6) is 0 Å². The summed E-state index contributed by atoms with van der Waals surface area (Å²) in [5, 5.41) is 0. The molecule has 0 N–H and O–H groups in total. The van der Waals surface area contributed by atoms with Gasteiger partial charge in [0.25, 0.3) is 0 Å². The van der Waals surface area contributed by atoms with Gasteiger partial charge in [0.2, 0.25) is 10.0 Å². The Kier molecular flexibility index (Phi) is 4.03. The van der Waals surface area contributed by atoms with Gasteiger partial charge in [0, 0.05) is 45.6 Å². The lowest BCUT2D eigenvalue weighted by Gasteiger charge is -2.26. The smallest absolute Gasteiger partial charge is 0.328 e. The average Bonchev–Trinajstić information content (AvgIpc) is 3.22. The van der Waals surface area contributed by atoms with Crippen molar-refractivity contribution in [1.29, 1.82) is 0 Å². The molecule has 2 fully saturated rings. The number of nitrogens with zero attached hydrogens (tertiary/aromatic N) is 3. The minimum absolute atomic E-state index is 0.141. The van der Waals surface area contributed by atoms with Crippen LogP contribution in [0.3, 0.4) is 0 Å². The van der Waals surface area contributed by atoms with Crippen LogP contribution < -0.4 is 5.69 Å². The lowest BCUT2D eigenvalue weighted by Crippen LogP contribution is -2.37. The number of benzene rings is 1. The zero-order valence-electron chi connectivity index (χ0n) is 15.1. The molecule has 2 aliphatic heterocycles. The van der Waals surface area contributed by atoms with Crippen molar-refractivity contribution in [3.05, 3.63) is 28.7 Å². The topological polar surface area (TPSA) is 82.8 Å². The molecule has 3 heterocycles. The summed E-state index contributed by atoms with van der Waals surface area (Å²) >= 11 is 0. The normalized spacial score (nSPS) is 26.7. The number of hydrogen-bond donors (Lipinski definition) is 0. The van der Waals surface area contributed by atoms with Crippen molar-refractivity contribution in [1.82, 2.24) is 13.4 Å². The Morgan fingerprint density at radius 3 is 2.73 bits per heavy atom. The molecular weight excluding hydrogens is 358 g/mol. The van der Waals surface area contributed by atoms with E-state index in [0.29, 0.717) is 43.9 Å².